The first-order chi connectivity index (χ1) is 10.5. The fraction of sp³-hybridized carbons (Fsp3) is 0.167. The van der Waals surface area contributed by atoms with Crippen molar-refractivity contribution in [1.29, 1.82) is 0 Å². The molecule has 114 valence electrons. The summed E-state index contributed by atoms with van der Waals surface area (Å²) in [6.07, 6.45) is 3.55. The Bertz CT molecular complexity index is 723. The highest BCUT2D eigenvalue weighted by Gasteiger charge is 2.08. The van der Waals surface area contributed by atoms with Crippen molar-refractivity contribution in [3.63, 3.8) is 0 Å². The molecule has 2 nitrogen and oxygen atoms in total. The predicted molar refractivity (Wildman–Crippen MR) is 101 cm³/mol. The second-order valence-corrected chi connectivity index (χ2v) is 6.72. The monoisotopic (exact) mass is 421 g/mol. The molecule has 0 aliphatic heterocycles. The second kappa shape index (κ2) is 7.75. The van der Waals surface area contributed by atoms with Crippen LogP contribution in [0.3, 0.4) is 0 Å². The van der Waals surface area contributed by atoms with Crippen LogP contribution in [0.15, 0.2) is 56.9 Å². The van der Waals surface area contributed by atoms with Gasteiger partial charge in [0.15, 0.2) is 0 Å². The molecule has 0 spiro atoms. The zero-order chi connectivity index (χ0) is 16.1. The van der Waals surface area contributed by atoms with Gasteiger partial charge < -0.3 is 4.74 Å². The normalized spacial score (nSPS) is 10.9. The minimum Gasteiger partial charge on any atom is -0.488 e. The van der Waals surface area contributed by atoms with Gasteiger partial charge in [0.25, 0.3) is 0 Å². The van der Waals surface area contributed by atoms with E-state index in [1.54, 1.807) is 6.08 Å². The number of aryl methyl sites for hydroxylation is 2. The SMILES string of the molecule is C=CCOc1c(Br)cc(Br)cc1C=Nc1ccc(C)cc1C. The van der Waals surface area contributed by atoms with Crippen molar-refractivity contribution in [2.75, 3.05) is 6.61 Å². The summed E-state index contributed by atoms with van der Waals surface area (Å²) in [6, 6.07) is 10.1. The average molecular weight is 423 g/mol. The molecule has 4 heteroatoms. The Balaban J connectivity index is 2.38. The Morgan fingerprint density at radius 1 is 1.18 bits per heavy atom. The topological polar surface area (TPSA) is 21.6 Å². The van der Waals surface area contributed by atoms with Gasteiger partial charge in [-0.05, 0) is 53.5 Å². The molecule has 0 aromatic heterocycles. The molecule has 0 aliphatic carbocycles. The van der Waals surface area contributed by atoms with Gasteiger partial charge in [0.05, 0.1) is 10.2 Å². The summed E-state index contributed by atoms with van der Waals surface area (Å²) in [7, 11) is 0. The van der Waals surface area contributed by atoms with Crippen molar-refractivity contribution >= 4 is 43.8 Å². The molecule has 0 fully saturated rings. The van der Waals surface area contributed by atoms with Crippen LogP contribution in [0.5, 0.6) is 5.75 Å². The molecule has 22 heavy (non-hydrogen) atoms. The summed E-state index contributed by atoms with van der Waals surface area (Å²) < 4.78 is 7.58. The molecule has 0 aliphatic rings. The van der Waals surface area contributed by atoms with E-state index in [4.69, 9.17) is 4.74 Å². The van der Waals surface area contributed by atoms with E-state index < -0.39 is 0 Å². The molecule has 0 atom stereocenters. The first-order valence-electron chi connectivity index (χ1n) is 6.85. The third kappa shape index (κ3) is 4.31. The second-order valence-electron chi connectivity index (χ2n) is 4.95. The van der Waals surface area contributed by atoms with Gasteiger partial charge in [-0.3, -0.25) is 4.99 Å². The Morgan fingerprint density at radius 2 is 1.95 bits per heavy atom. The number of aliphatic imine (C=N–C) groups is 1. The molecule has 0 saturated carbocycles. The Morgan fingerprint density at radius 3 is 2.64 bits per heavy atom. The summed E-state index contributed by atoms with van der Waals surface area (Å²) in [5.41, 5.74) is 4.25. The maximum absolute atomic E-state index is 5.73. The van der Waals surface area contributed by atoms with E-state index in [1.807, 2.05) is 24.4 Å². The fourth-order valence-corrected chi connectivity index (χ4v) is 3.43. The lowest BCUT2D eigenvalue weighted by Crippen LogP contribution is -1.98. The molecule has 0 heterocycles. The molecule has 0 amide bonds. The number of hydrogen-bond acceptors (Lipinski definition) is 2. The maximum atomic E-state index is 5.73. The molecule has 0 radical (unpaired) electrons. The van der Waals surface area contributed by atoms with Gasteiger partial charge >= 0.3 is 0 Å². The highest BCUT2D eigenvalue weighted by molar-refractivity contribution is 9.11. The fourth-order valence-electron chi connectivity index (χ4n) is 2.06. The predicted octanol–water partition coefficient (Wildman–Crippen LogP) is 6.14. The highest BCUT2D eigenvalue weighted by atomic mass is 79.9. The number of nitrogens with zero attached hydrogens (tertiary/aromatic N) is 1. The minimum atomic E-state index is 0.449. The maximum Gasteiger partial charge on any atom is 0.142 e. The third-order valence-electron chi connectivity index (χ3n) is 3.08. The standard InChI is InChI=1S/C18H17Br2NO/c1-4-7-22-18-14(9-15(19)10-16(18)20)11-21-17-6-5-12(2)8-13(17)3/h4-6,8-11H,1,7H2,2-3H3. The van der Waals surface area contributed by atoms with Crippen LogP contribution >= 0.6 is 31.9 Å². The molecule has 2 rings (SSSR count). The molecule has 0 bridgehead atoms. The number of rotatable bonds is 5. The van der Waals surface area contributed by atoms with Gasteiger partial charge in [-0.2, -0.15) is 0 Å². The molecular formula is C18H17Br2NO. The van der Waals surface area contributed by atoms with Crippen LogP contribution in [0.2, 0.25) is 0 Å². The van der Waals surface area contributed by atoms with E-state index in [0.717, 1.165) is 31.5 Å². The van der Waals surface area contributed by atoms with Crippen molar-refractivity contribution in [3.8, 4) is 5.75 Å². The van der Waals surface area contributed by atoms with Crippen molar-refractivity contribution in [1.82, 2.24) is 0 Å². The van der Waals surface area contributed by atoms with Crippen LogP contribution < -0.4 is 4.74 Å². The Labute approximate surface area is 148 Å². The molecule has 2 aromatic carbocycles. The molecular weight excluding hydrogens is 406 g/mol. The molecule has 2 aromatic rings. The van der Waals surface area contributed by atoms with Crippen LogP contribution in [0.4, 0.5) is 5.69 Å². The van der Waals surface area contributed by atoms with Gasteiger partial charge in [-0.1, -0.05) is 46.3 Å². The van der Waals surface area contributed by atoms with Crippen LogP contribution in [-0.2, 0) is 0 Å². The van der Waals surface area contributed by atoms with Crippen LogP contribution in [-0.4, -0.2) is 12.8 Å². The van der Waals surface area contributed by atoms with E-state index >= 15 is 0 Å². The largest absolute Gasteiger partial charge is 0.488 e. The van der Waals surface area contributed by atoms with Crippen molar-refractivity contribution in [2.24, 2.45) is 4.99 Å². The molecule has 0 unspecified atom stereocenters. The quantitative estimate of drug-likeness (QED) is 0.418. The first-order valence-corrected chi connectivity index (χ1v) is 8.44. The highest BCUT2D eigenvalue weighted by Crippen LogP contribution is 2.32. The summed E-state index contributed by atoms with van der Waals surface area (Å²) >= 11 is 7.03. The molecule has 0 N–H and O–H groups in total. The Kier molecular flexibility index (Phi) is 5.98. The lowest BCUT2D eigenvalue weighted by atomic mass is 10.1. The lowest BCUT2D eigenvalue weighted by molar-refractivity contribution is 0.360. The number of ether oxygens (including phenoxy) is 1. The summed E-state index contributed by atoms with van der Waals surface area (Å²) in [5, 5.41) is 0. The van der Waals surface area contributed by atoms with Crippen molar-refractivity contribution < 1.29 is 4.74 Å². The first kappa shape index (κ1) is 17.0. The number of hydrogen-bond donors (Lipinski definition) is 0. The average Bonchev–Trinajstić information content (AvgIpc) is 2.45. The van der Waals surface area contributed by atoms with Crippen LogP contribution in [0.1, 0.15) is 16.7 Å². The summed E-state index contributed by atoms with van der Waals surface area (Å²) in [5.74, 6) is 0.761. The van der Waals surface area contributed by atoms with Crippen molar-refractivity contribution in [3.05, 3.63) is 68.6 Å². The van der Waals surface area contributed by atoms with Gasteiger partial charge in [-0.25, -0.2) is 0 Å². The smallest absolute Gasteiger partial charge is 0.142 e. The van der Waals surface area contributed by atoms with Crippen LogP contribution in [0.25, 0.3) is 0 Å². The van der Waals surface area contributed by atoms with Gasteiger partial charge in [0.1, 0.15) is 12.4 Å². The van der Waals surface area contributed by atoms with Gasteiger partial charge in [0, 0.05) is 16.3 Å². The van der Waals surface area contributed by atoms with E-state index in [9.17, 15) is 0 Å². The van der Waals surface area contributed by atoms with E-state index in [0.29, 0.717) is 6.61 Å². The van der Waals surface area contributed by atoms with E-state index in [1.165, 1.54) is 5.56 Å². The zero-order valence-electron chi connectivity index (χ0n) is 12.6. The molecule has 0 saturated heterocycles. The zero-order valence-corrected chi connectivity index (χ0v) is 15.7. The summed E-state index contributed by atoms with van der Waals surface area (Å²) in [4.78, 5) is 4.60. The van der Waals surface area contributed by atoms with E-state index in [-0.39, 0.29) is 0 Å². The van der Waals surface area contributed by atoms with Crippen molar-refractivity contribution in [2.45, 2.75) is 13.8 Å². The van der Waals surface area contributed by atoms with Gasteiger partial charge in [-0.15, -0.1) is 0 Å². The number of halogens is 2. The third-order valence-corrected chi connectivity index (χ3v) is 4.12. The van der Waals surface area contributed by atoms with Gasteiger partial charge in [0.2, 0.25) is 0 Å². The van der Waals surface area contributed by atoms with Crippen LogP contribution in [0, 0.1) is 13.8 Å². The summed E-state index contributed by atoms with van der Waals surface area (Å²) in [6.45, 7) is 8.27. The minimum absolute atomic E-state index is 0.449. The lowest BCUT2D eigenvalue weighted by Gasteiger charge is -2.10. The Hall–Kier alpha value is -1.39. The number of benzene rings is 2. The van der Waals surface area contributed by atoms with E-state index in [2.05, 4.69) is 69.4 Å².